The van der Waals surface area contributed by atoms with Gasteiger partial charge in [-0.15, -0.1) is 0 Å². The van der Waals surface area contributed by atoms with Gasteiger partial charge in [-0.05, 0) is 49.4 Å². The van der Waals surface area contributed by atoms with E-state index in [1.807, 2.05) is 0 Å². The Kier molecular flexibility index (Phi) is 65.9. The second-order valence-electron chi connectivity index (χ2n) is 29.5. The van der Waals surface area contributed by atoms with Crippen LogP contribution in [0.15, 0.2) is 0 Å². The van der Waals surface area contributed by atoms with Gasteiger partial charge in [0.2, 0.25) is 0 Å². The summed E-state index contributed by atoms with van der Waals surface area (Å²) in [5.41, 5.74) is 0. The Labute approximate surface area is 594 Å². The van der Waals surface area contributed by atoms with Crippen LogP contribution in [0.25, 0.3) is 0 Å². The molecule has 4 unspecified atom stereocenters. The van der Waals surface area contributed by atoms with E-state index < -0.39 is 97.5 Å². The topological polar surface area (TPSA) is 237 Å². The number of aliphatic hydroxyl groups excluding tert-OH is 1. The first-order valence-electron chi connectivity index (χ1n) is 40.3. The lowest BCUT2D eigenvalue weighted by molar-refractivity contribution is -0.161. The molecule has 0 heterocycles. The first-order valence-corrected chi connectivity index (χ1v) is 43.3. The zero-order valence-electron chi connectivity index (χ0n) is 63.7. The number of ether oxygens (including phenoxy) is 4. The second-order valence-corrected chi connectivity index (χ2v) is 32.4. The molecule has 3 N–H and O–H groups in total. The SMILES string of the molecule is CCC(C)CCCCCCCCCCCCCCCCCCCCC(=O)O[C@H](COC(=O)CCCCCCCCCCCC(C)C)COP(=O)(O)OC[C@@H](O)COP(=O)(O)OC[C@@H](COC(=O)CCCCCCCCC(C)C)OC(=O)CCCCCCCCCCCCC(C)CC. The number of hydrogen-bond acceptors (Lipinski definition) is 15. The van der Waals surface area contributed by atoms with Crippen molar-refractivity contribution < 1.29 is 80.2 Å². The van der Waals surface area contributed by atoms with E-state index >= 15 is 0 Å². The second kappa shape index (κ2) is 67.2. The summed E-state index contributed by atoms with van der Waals surface area (Å²) in [6, 6.07) is 0. The van der Waals surface area contributed by atoms with Gasteiger partial charge in [-0.2, -0.15) is 0 Å². The highest BCUT2D eigenvalue weighted by Crippen LogP contribution is 2.45. The fourth-order valence-corrected chi connectivity index (χ4v) is 13.4. The number of aliphatic hydroxyl groups is 1. The third-order valence-corrected chi connectivity index (χ3v) is 20.7. The molecule has 0 fully saturated rings. The Hall–Kier alpha value is -1.94. The van der Waals surface area contributed by atoms with Crippen LogP contribution < -0.4 is 0 Å². The van der Waals surface area contributed by atoms with Crippen LogP contribution in [0.2, 0.25) is 0 Å². The molecule has 0 aromatic carbocycles. The van der Waals surface area contributed by atoms with Crippen LogP contribution in [-0.2, 0) is 65.4 Å². The van der Waals surface area contributed by atoms with E-state index in [0.29, 0.717) is 31.6 Å². The summed E-state index contributed by atoms with van der Waals surface area (Å²) in [6.45, 7) is 14.2. The molecule has 17 nitrogen and oxygen atoms in total. The largest absolute Gasteiger partial charge is 0.472 e. The minimum absolute atomic E-state index is 0.105. The van der Waals surface area contributed by atoms with Gasteiger partial charge in [0, 0.05) is 25.7 Å². The summed E-state index contributed by atoms with van der Waals surface area (Å²) < 4.78 is 68.5. The fraction of sp³-hybridized carbons (Fsp3) is 0.949. The van der Waals surface area contributed by atoms with Crippen LogP contribution in [0.3, 0.4) is 0 Å². The summed E-state index contributed by atoms with van der Waals surface area (Å²) in [6.07, 6.45) is 52.9. The molecule has 19 heteroatoms. The average molecular weight is 1420 g/mol. The van der Waals surface area contributed by atoms with Gasteiger partial charge >= 0.3 is 39.5 Å². The van der Waals surface area contributed by atoms with E-state index in [0.717, 1.165) is 114 Å². The molecular weight excluding hydrogens is 1270 g/mol. The summed E-state index contributed by atoms with van der Waals surface area (Å²) in [7, 11) is -9.91. The maximum atomic E-state index is 13.1. The van der Waals surface area contributed by atoms with Crippen LogP contribution in [-0.4, -0.2) is 96.7 Å². The predicted octanol–water partition coefficient (Wildman–Crippen LogP) is 22.8. The molecule has 0 aromatic heterocycles. The Morgan fingerprint density at radius 2 is 0.495 bits per heavy atom. The van der Waals surface area contributed by atoms with Gasteiger partial charge < -0.3 is 33.8 Å². The number of phosphoric acid groups is 2. The van der Waals surface area contributed by atoms with E-state index in [-0.39, 0.29) is 25.7 Å². The minimum Gasteiger partial charge on any atom is -0.462 e. The smallest absolute Gasteiger partial charge is 0.462 e. The highest BCUT2D eigenvalue weighted by molar-refractivity contribution is 7.47. The third kappa shape index (κ3) is 69.5. The maximum absolute atomic E-state index is 13.1. The normalized spacial score (nSPS) is 14.6. The standard InChI is InChI=1S/C78H152O17P2/c1-9-70(7)56-48-40-31-25-19-17-15-13-11-12-14-16-18-20-27-34-44-52-60-77(82)94-73(64-88-75(80)58-50-42-33-29-23-24-30-38-46-54-68(3)4)66-92-96(84,85)90-62-72(79)63-91-97(86,87)93-67-74(65-89-76(81)59-51-43-37-36-39-47-55-69(5)6)95-78(83)61-53-45-35-28-22-21-26-32-41-49-57-71(8)10-2/h68-74,79H,9-67H2,1-8H3,(H,84,85)(H,86,87)/t70?,71?,72-,73-,74-/m1/s1. The van der Waals surface area contributed by atoms with Gasteiger partial charge in [-0.1, -0.05) is 344 Å². The van der Waals surface area contributed by atoms with Crippen molar-refractivity contribution in [3.8, 4) is 0 Å². The van der Waals surface area contributed by atoms with Crippen LogP contribution in [0, 0.1) is 23.7 Å². The van der Waals surface area contributed by atoms with E-state index in [2.05, 4.69) is 55.4 Å². The zero-order chi connectivity index (χ0) is 71.7. The van der Waals surface area contributed by atoms with E-state index in [9.17, 15) is 43.2 Å². The Bertz CT molecular complexity index is 1910. The summed E-state index contributed by atoms with van der Waals surface area (Å²) in [5, 5.41) is 10.6. The number of carbonyl (C=O) groups is 4. The number of phosphoric ester groups is 2. The molecule has 0 rings (SSSR count). The Morgan fingerprint density at radius 1 is 0.289 bits per heavy atom. The quantitative estimate of drug-likeness (QED) is 0.0222. The molecule has 7 atom stereocenters. The van der Waals surface area contributed by atoms with Crippen molar-refractivity contribution in [2.75, 3.05) is 39.6 Å². The molecule has 0 amide bonds. The summed E-state index contributed by atoms with van der Waals surface area (Å²) in [4.78, 5) is 72.8. The number of rotatable bonds is 75. The molecule has 0 radical (unpaired) electrons. The number of hydrogen-bond donors (Lipinski definition) is 3. The predicted molar refractivity (Wildman–Crippen MR) is 395 cm³/mol. The van der Waals surface area contributed by atoms with Crippen molar-refractivity contribution in [2.24, 2.45) is 23.7 Å². The van der Waals surface area contributed by atoms with Gasteiger partial charge in [0.25, 0.3) is 0 Å². The first-order chi connectivity index (χ1) is 46.7. The summed E-state index contributed by atoms with van der Waals surface area (Å²) in [5.74, 6) is 0.976. The molecule has 97 heavy (non-hydrogen) atoms. The van der Waals surface area contributed by atoms with Crippen LogP contribution >= 0.6 is 15.6 Å². The molecule has 0 saturated carbocycles. The molecule has 0 saturated heterocycles. The molecule has 0 aliphatic rings. The average Bonchev–Trinajstić information content (AvgIpc) is 2.25. The highest BCUT2D eigenvalue weighted by atomic mass is 31.2. The van der Waals surface area contributed by atoms with E-state index in [4.69, 9.17) is 37.0 Å². The van der Waals surface area contributed by atoms with Crippen LogP contribution in [0.4, 0.5) is 0 Å². The zero-order valence-corrected chi connectivity index (χ0v) is 65.5. The van der Waals surface area contributed by atoms with Gasteiger partial charge in [0.15, 0.2) is 12.2 Å². The van der Waals surface area contributed by atoms with Crippen molar-refractivity contribution in [1.82, 2.24) is 0 Å². The molecular formula is C78H152O17P2. The number of carbonyl (C=O) groups excluding carboxylic acids is 4. The van der Waals surface area contributed by atoms with Gasteiger partial charge in [-0.3, -0.25) is 37.3 Å². The van der Waals surface area contributed by atoms with Crippen molar-refractivity contribution >= 4 is 39.5 Å². The van der Waals surface area contributed by atoms with Gasteiger partial charge in [0.1, 0.15) is 19.3 Å². The van der Waals surface area contributed by atoms with E-state index in [1.54, 1.807) is 0 Å². The molecule has 0 aromatic rings. The van der Waals surface area contributed by atoms with Gasteiger partial charge in [0.05, 0.1) is 26.4 Å². The third-order valence-electron chi connectivity index (χ3n) is 18.8. The van der Waals surface area contributed by atoms with Crippen molar-refractivity contribution in [2.45, 2.75) is 414 Å². The highest BCUT2D eigenvalue weighted by Gasteiger charge is 2.30. The van der Waals surface area contributed by atoms with Crippen molar-refractivity contribution in [1.29, 1.82) is 0 Å². The lowest BCUT2D eigenvalue weighted by atomic mass is 9.99. The van der Waals surface area contributed by atoms with Crippen LogP contribution in [0.1, 0.15) is 396 Å². The van der Waals surface area contributed by atoms with Gasteiger partial charge in [-0.25, -0.2) is 9.13 Å². The lowest BCUT2D eigenvalue weighted by Gasteiger charge is -2.21. The molecule has 0 aliphatic carbocycles. The lowest BCUT2D eigenvalue weighted by Crippen LogP contribution is -2.30. The first kappa shape index (κ1) is 95.1. The molecule has 0 aliphatic heterocycles. The monoisotopic (exact) mass is 1420 g/mol. The van der Waals surface area contributed by atoms with Crippen molar-refractivity contribution in [3.05, 3.63) is 0 Å². The number of esters is 4. The fourth-order valence-electron chi connectivity index (χ4n) is 11.8. The minimum atomic E-state index is -4.96. The Morgan fingerprint density at radius 3 is 0.732 bits per heavy atom. The molecule has 0 spiro atoms. The van der Waals surface area contributed by atoms with E-state index in [1.165, 1.54) is 193 Å². The number of unbranched alkanes of at least 4 members (excludes halogenated alkanes) is 39. The molecule has 576 valence electrons. The van der Waals surface area contributed by atoms with Crippen LogP contribution in [0.5, 0.6) is 0 Å². The summed E-state index contributed by atoms with van der Waals surface area (Å²) >= 11 is 0. The Balaban J connectivity index is 5.19. The van der Waals surface area contributed by atoms with Crippen molar-refractivity contribution in [3.63, 3.8) is 0 Å². The maximum Gasteiger partial charge on any atom is 0.472 e. The molecule has 0 bridgehead atoms.